The van der Waals surface area contributed by atoms with Crippen LogP contribution in [0.5, 0.6) is 0 Å². The van der Waals surface area contributed by atoms with Gasteiger partial charge in [0.25, 0.3) is 6.43 Å². The molecule has 6 heteroatoms. The van der Waals surface area contributed by atoms with Crippen molar-refractivity contribution >= 4 is 10.9 Å². The van der Waals surface area contributed by atoms with E-state index in [0.29, 0.717) is 10.9 Å². The number of para-hydroxylation sites is 1. The lowest BCUT2D eigenvalue weighted by Crippen LogP contribution is -2.36. The largest absolute Gasteiger partial charge is 0.377 e. The molecule has 1 aromatic heterocycles. The van der Waals surface area contributed by atoms with Gasteiger partial charge in [-0.1, -0.05) is 24.3 Å². The molecule has 1 heterocycles. The highest BCUT2D eigenvalue weighted by molar-refractivity contribution is 5.81. The van der Waals surface area contributed by atoms with Crippen LogP contribution < -0.4 is 0 Å². The van der Waals surface area contributed by atoms with Crippen molar-refractivity contribution in [1.82, 2.24) is 9.78 Å². The van der Waals surface area contributed by atoms with Gasteiger partial charge in [0.05, 0.1) is 17.4 Å². The first-order valence-corrected chi connectivity index (χ1v) is 6.66. The summed E-state index contributed by atoms with van der Waals surface area (Å²) in [4.78, 5) is 0. The average Bonchev–Trinajstić information content (AvgIpc) is 2.97. The second-order valence-electron chi connectivity index (χ2n) is 5.02. The van der Waals surface area contributed by atoms with E-state index in [4.69, 9.17) is 0 Å². The maximum Gasteiger partial charge on any atom is 0.273 e. The lowest BCUT2D eigenvalue weighted by molar-refractivity contribution is -0.114. The summed E-state index contributed by atoms with van der Waals surface area (Å²) in [6, 6.07) is 13.5. The SMILES string of the molecule is OC(CF)(c1ccc2c(cnn2-c2ccccc2)c1)C(F)F. The molecule has 0 saturated heterocycles. The summed E-state index contributed by atoms with van der Waals surface area (Å²) in [5, 5.41) is 14.6. The van der Waals surface area contributed by atoms with E-state index in [9.17, 15) is 18.3 Å². The van der Waals surface area contributed by atoms with Gasteiger partial charge in [0.15, 0.2) is 5.60 Å². The topological polar surface area (TPSA) is 38.1 Å². The van der Waals surface area contributed by atoms with Crippen molar-refractivity contribution in [3.05, 3.63) is 60.3 Å². The molecule has 1 unspecified atom stereocenters. The first kappa shape index (κ1) is 14.6. The zero-order valence-corrected chi connectivity index (χ0v) is 11.5. The summed E-state index contributed by atoms with van der Waals surface area (Å²) >= 11 is 0. The van der Waals surface area contributed by atoms with Crippen molar-refractivity contribution in [1.29, 1.82) is 0 Å². The molecule has 0 saturated carbocycles. The third-order valence-electron chi connectivity index (χ3n) is 3.63. The Morgan fingerprint density at radius 1 is 1.14 bits per heavy atom. The smallest absolute Gasteiger partial charge is 0.273 e. The van der Waals surface area contributed by atoms with Crippen molar-refractivity contribution in [2.24, 2.45) is 0 Å². The molecule has 0 radical (unpaired) electrons. The first-order valence-electron chi connectivity index (χ1n) is 6.66. The number of alkyl halides is 3. The van der Waals surface area contributed by atoms with Crippen molar-refractivity contribution in [2.75, 3.05) is 6.67 Å². The Morgan fingerprint density at radius 3 is 2.50 bits per heavy atom. The second kappa shape index (κ2) is 5.46. The van der Waals surface area contributed by atoms with Crippen LogP contribution in [0.25, 0.3) is 16.6 Å². The minimum absolute atomic E-state index is 0.162. The van der Waals surface area contributed by atoms with Crippen LogP contribution in [0.4, 0.5) is 13.2 Å². The van der Waals surface area contributed by atoms with E-state index < -0.39 is 18.7 Å². The summed E-state index contributed by atoms with van der Waals surface area (Å²) in [5.74, 6) is 0. The van der Waals surface area contributed by atoms with Crippen molar-refractivity contribution < 1.29 is 18.3 Å². The van der Waals surface area contributed by atoms with Crippen LogP contribution >= 0.6 is 0 Å². The fourth-order valence-corrected chi connectivity index (χ4v) is 2.34. The molecule has 1 N–H and O–H groups in total. The summed E-state index contributed by atoms with van der Waals surface area (Å²) in [6.07, 6.45) is -1.71. The minimum atomic E-state index is -3.21. The normalized spacial score (nSPS) is 14.4. The van der Waals surface area contributed by atoms with Crippen molar-refractivity contribution in [3.8, 4) is 5.69 Å². The molecule has 0 aliphatic rings. The predicted octanol–water partition coefficient (Wildman–Crippen LogP) is 3.45. The Bertz CT molecular complexity index is 788. The Kier molecular flexibility index (Phi) is 3.62. The molecular weight excluding hydrogens is 293 g/mol. The molecule has 114 valence electrons. The van der Waals surface area contributed by atoms with Gasteiger partial charge in [-0.3, -0.25) is 0 Å². The number of aromatic nitrogens is 2. The zero-order valence-electron chi connectivity index (χ0n) is 11.5. The number of benzene rings is 2. The van der Waals surface area contributed by atoms with E-state index in [0.717, 1.165) is 5.69 Å². The van der Waals surface area contributed by atoms with Crippen LogP contribution in [0.1, 0.15) is 5.56 Å². The van der Waals surface area contributed by atoms with Crippen LogP contribution in [0.15, 0.2) is 54.7 Å². The quantitative estimate of drug-likeness (QED) is 0.802. The lowest BCUT2D eigenvalue weighted by atomic mass is 9.94. The van der Waals surface area contributed by atoms with E-state index in [1.165, 1.54) is 18.3 Å². The van der Waals surface area contributed by atoms with E-state index in [1.807, 2.05) is 30.3 Å². The highest BCUT2D eigenvalue weighted by atomic mass is 19.3. The van der Waals surface area contributed by atoms with Gasteiger partial charge in [0.2, 0.25) is 0 Å². The number of hydrogen-bond acceptors (Lipinski definition) is 2. The Balaban J connectivity index is 2.10. The number of hydrogen-bond donors (Lipinski definition) is 1. The Labute approximate surface area is 124 Å². The summed E-state index contributed by atoms with van der Waals surface area (Å²) in [7, 11) is 0. The predicted molar refractivity (Wildman–Crippen MR) is 76.9 cm³/mol. The standard InChI is InChI=1S/C16H13F3N2O/c17-10-16(22,15(18)19)12-6-7-14-11(8-12)9-20-21(14)13-4-2-1-3-5-13/h1-9,15,22H,10H2. The third kappa shape index (κ3) is 2.25. The second-order valence-corrected chi connectivity index (χ2v) is 5.02. The van der Waals surface area contributed by atoms with Crippen molar-refractivity contribution in [3.63, 3.8) is 0 Å². The van der Waals surface area contributed by atoms with E-state index in [-0.39, 0.29) is 5.56 Å². The molecule has 22 heavy (non-hydrogen) atoms. The van der Waals surface area contributed by atoms with Crippen LogP contribution in [-0.4, -0.2) is 28.0 Å². The fraction of sp³-hybridized carbons (Fsp3) is 0.188. The van der Waals surface area contributed by atoms with Gasteiger partial charge in [0.1, 0.15) is 6.67 Å². The minimum Gasteiger partial charge on any atom is -0.377 e. The maximum absolute atomic E-state index is 12.9. The highest BCUT2D eigenvalue weighted by Gasteiger charge is 2.40. The average molecular weight is 306 g/mol. The van der Waals surface area contributed by atoms with E-state index >= 15 is 0 Å². The van der Waals surface area contributed by atoms with Gasteiger partial charge >= 0.3 is 0 Å². The van der Waals surface area contributed by atoms with E-state index in [2.05, 4.69) is 5.10 Å². The summed E-state index contributed by atoms with van der Waals surface area (Å²) in [6.45, 7) is -1.55. The molecule has 1 atom stereocenters. The number of rotatable bonds is 4. The van der Waals surface area contributed by atoms with Crippen LogP contribution in [0.2, 0.25) is 0 Å². The molecular formula is C16H13F3N2O. The van der Waals surface area contributed by atoms with Crippen LogP contribution in [-0.2, 0) is 5.60 Å². The molecule has 3 rings (SSSR count). The molecule has 3 nitrogen and oxygen atoms in total. The summed E-state index contributed by atoms with van der Waals surface area (Å²) in [5.41, 5.74) is -1.45. The molecule has 0 bridgehead atoms. The molecule has 0 aliphatic carbocycles. The van der Waals surface area contributed by atoms with E-state index in [1.54, 1.807) is 10.7 Å². The van der Waals surface area contributed by atoms with Gasteiger partial charge in [0, 0.05) is 5.39 Å². The lowest BCUT2D eigenvalue weighted by Gasteiger charge is -2.24. The van der Waals surface area contributed by atoms with Crippen molar-refractivity contribution in [2.45, 2.75) is 12.0 Å². The highest BCUT2D eigenvalue weighted by Crippen LogP contribution is 2.31. The monoisotopic (exact) mass is 306 g/mol. The third-order valence-corrected chi connectivity index (χ3v) is 3.63. The molecule has 2 aromatic carbocycles. The number of halogens is 3. The fourth-order valence-electron chi connectivity index (χ4n) is 2.34. The summed E-state index contributed by atoms with van der Waals surface area (Å²) < 4.78 is 40.4. The van der Waals surface area contributed by atoms with Gasteiger partial charge in [-0.25, -0.2) is 17.9 Å². The molecule has 0 amide bonds. The number of fused-ring (bicyclic) bond motifs is 1. The van der Waals surface area contributed by atoms with Gasteiger partial charge in [-0.05, 0) is 29.8 Å². The number of aliphatic hydroxyl groups is 1. The molecule has 0 aliphatic heterocycles. The van der Waals surface area contributed by atoms with Crippen LogP contribution in [0, 0.1) is 0 Å². The Hall–Kier alpha value is -2.34. The number of nitrogens with zero attached hydrogens (tertiary/aromatic N) is 2. The molecule has 0 spiro atoms. The maximum atomic E-state index is 12.9. The van der Waals surface area contributed by atoms with Gasteiger partial charge < -0.3 is 5.11 Å². The first-order chi connectivity index (χ1) is 10.6. The zero-order chi connectivity index (χ0) is 15.7. The molecule has 3 aromatic rings. The Morgan fingerprint density at radius 2 is 1.86 bits per heavy atom. The van der Waals surface area contributed by atoms with Gasteiger partial charge in [-0.2, -0.15) is 5.10 Å². The molecule has 0 fully saturated rings. The van der Waals surface area contributed by atoms with Crippen LogP contribution in [0.3, 0.4) is 0 Å². The van der Waals surface area contributed by atoms with Gasteiger partial charge in [-0.15, -0.1) is 0 Å².